The van der Waals surface area contributed by atoms with Gasteiger partial charge in [0, 0.05) is 11.4 Å². The van der Waals surface area contributed by atoms with E-state index >= 15 is 0 Å². The highest BCUT2D eigenvalue weighted by Crippen LogP contribution is 2.18. The fourth-order valence-corrected chi connectivity index (χ4v) is 2.89. The van der Waals surface area contributed by atoms with Gasteiger partial charge in [-0.1, -0.05) is 43.7 Å². The van der Waals surface area contributed by atoms with E-state index in [2.05, 4.69) is 39.8 Å². The highest BCUT2D eigenvalue weighted by Gasteiger charge is 2.28. The molecule has 0 spiro atoms. The van der Waals surface area contributed by atoms with E-state index in [9.17, 15) is 9.59 Å². The zero-order valence-electron chi connectivity index (χ0n) is 17.3. The fourth-order valence-electron chi connectivity index (χ4n) is 2.89. The van der Waals surface area contributed by atoms with Gasteiger partial charge in [-0.3, -0.25) is 14.9 Å². The van der Waals surface area contributed by atoms with Crippen LogP contribution in [-0.4, -0.2) is 29.8 Å². The van der Waals surface area contributed by atoms with Crippen molar-refractivity contribution in [1.82, 2.24) is 5.32 Å². The molecule has 0 aromatic heterocycles. The number of hydrogen-bond donors (Lipinski definition) is 4. The van der Waals surface area contributed by atoms with Crippen molar-refractivity contribution < 1.29 is 9.59 Å². The van der Waals surface area contributed by atoms with Crippen LogP contribution in [0.4, 0.5) is 11.4 Å². The molecule has 1 atom stereocenters. The Hall–Kier alpha value is -3.68. The van der Waals surface area contributed by atoms with Crippen LogP contribution in [0.2, 0.25) is 0 Å². The third-order valence-corrected chi connectivity index (χ3v) is 4.61. The molecule has 0 bridgehead atoms. The SMILES string of the molecule is Cc1ccc(N/C(N)=N/C2=NC(CC(=O)Nc3ccc(C(C)C)cc3)C(=O)N2)cc1. The molecule has 1 heterocycles. The van der Waals surface area contributed by atoms with Crippen molar-refractivity contribution in [1.29, 1.82) is 0 Å². The standard InChI is InChI=1S/C22H26N6O2/c1-13(2)15-6-10-16(11-7-15)24-19(29)12-18-20(30)27-22(26-18)28-21(23)25-17-8-4-14(3)5-9-17/h4-11,13,18H,12H2,1-3H3,(H,24,29)(H4,23,25,26,27,28,30). The van der Waals surface area contributed by atoms with Crippen LogP contribution in [0.3, 0.4) is 0 Å². The molecule has 1 aliphatic rings. The Labute approximate surface area is 175 Å². The lowest BCUT2D eigenvalue weighted by molar-refractivity contribution is -0.123. The third-order valence-electron chi connectivity index (χ3n) is 4.61. The topological polar surface area (TPSA) is 121 Å². The molecule has 1 aliphatic heterocycles. The van der Waals surface area contributed by atoms with E-state index < -0.39 is 6.04 Å². The molecule has 2 amide bonds. The maximum absolute atomic E-state index is 12.3. The molecule has 2 aromatic rings. The predicted octanol–water partition coefficient (Wildman–Crippen LogP) is 2.73. The normalized spacial score (nSPS) is 16.3. The van der Waals surface area contributed by atoms with E-state index in [0.717, 1.165) is 11.3 Å². The van der Waals surface area contributed by atoms with E-state index in [1.54, 1.807) is 0 Å². The number of amides is 2. The van der Waals surface area contributed by atoms with Crippen LogP contribution >= 0.6 is 0 Å². The summed E-state index contributed by atoms with van der Waals surface area (Å²) < 4.78 is 0. The molecule has 8 heteroatoms. The van der Waals surface area contributed by atoms with Crippen LogP contribution in [-0.2, 0) is 9.59 Å². The third kappa shape index (κ3) is 5.66. The number of anilines is 2. The Morgan fingerprint density at radius 3 is 2.33 bits per heavy atom. The van der Waals surface area contributed by atoms with Crippen molar-refractivity contribution in [3.05, 3.63) is 59.7 Å². The maximum Gasteiger partial charge on any atom is 0.252 e. The number of rotatable bonds is 5. The van der Waals surface area contributed by atoms with Crippen molar-refractivity contribution in [3.8, 4) is 0 Å². The van der Waals surface area contributed by atoms with Gasteiger partial charge in [0.25, 0.3) is 5.91 Å². The summed E-state index contributed by atoms with van der Waals surface area (Å²) in [7, 11) is 0. The summed E-state index contributed by atoms with van der Waals surface area (Å²) in [6.45, 7) is 6.20. The molecule has 5 N–H and O–H groups in total. The average molecular weight is 406 g/mol. The molecular weight excluding hydrogens is 380 g/mol. The van der Waals surface area contributed by atoms with Crippen LogP contribution in [0.15, 0.2) is 58.5 Å². The molecule has 3 rings (SSSR count). The molecule has 30 heavy (non-hydrogen) atoms. The highest BCUT2D eigenvalue weighted by atomic mass is 16.2. The number of nitrogens with one attached hydrogen (secondary N) is 3. The number of nitrogens with two attached hydrogens (primary N) is 1. The van der Waals surface area contributed by atoms with Crippen molar-refractivity contribution in [3.63, 3.8) is 0 Å². The Balaban J connectivity index is 1.57. The largest absolute Gasteiger partial charge is 0.369 e. The van der Waals surface area contributed by atoms with Gasteiger partial charge in [-0.25, -0.2) is 4.99 Å². The number of guanidine groups is 2. The minimum atomic E-state index is -0.842. The zero-order chi connectivity index (χ0) is 21.7. The van der Waals surface area contributed by atoms with Gasteiger partial charge in [-0.05, 0) is 42.7 Å². The van der Waals surface area contributed by atoms with Crippen LogP contribution in [0.1, 0.15) is 37.3 Å². The Bertz CT molecular complexity index is 978. The number of carbonyl (C=O) groups is 2. The summed E-state index contributed by atoms with van der Waals surface area (Å²) in [6, 6.07) is 14.4. The first kappa shape index (κ1) is 21.0. The van der Waals surface area contributed by atoms with Gasteiger partial charge in [0.1, 0.15) is 6.04 Å². The first-order valence-corrected chi connectivity index (χ1v) is 9.76. The summed E-state index contributed by atoms with van der Waals surface area (Å²) in [5, 5.41) is 8.26. The van der Waals surface area contributed by atoms with E-state index in [1.807, 2.05) is 55.5 Å². The second-order valence-electron chi connectivity index (χ2n) is 7.47. The molecule has 0 saturated heterocycles. The molecule has 0 fully saturated rings. The molecule has 2 aromatic carbocycles. The van der Waals surface area contributed by atoms with Crippen molar-refractivity contribution in [2.24, 2.45) is 15.7 Å². The number of aryl methyl sites for hydroxylation is 1. The fraction of sp³-hybridized carbons (Fsp3) is 0.273. The van der Waals surface area contributed by atoms with Crippen LogP contribution < -0.4 is 21.7 Å². The Kier molecular flexibility index (Phi) is 6.46. The van der Waals surface area contributed by atoms with E-state index in [0.29, 0.717) is 11.6 Å². The molecule has 1 unspecified atom stereocenters. The van der Waals surface area contributed by atoms with Gasteiger partial charge in [0.05, 0.1) is 6.42 Å². The molecular formula is C22H26N6O2. The van der Waals surface area contributed by atoms with Gasteiger partial charge in [0.15, 0.2) is 0 Å². The van der Waals surface area contributed by atoms with E-state index in [4.69, 9.17) is 5.73 Å². The zero-order valence-corrected chi connectivity index (χ0v) is 17.3. The van der Waals surface area contributed by atoms with E-state index in [1.165, 1.54) is 5.56 Å². The van der Waals surface area contributed by atoms with Crippen LogP contribution in [0.25, 0.3) is 0 Å². The second-order valence-corrected chi connectivity index (χ2v) is 7.47. The average Bonchev–Trinajstić information content (AvgIpc) is 3.02. The molecule has 0 aliphatic carbocycles. The van der Waals surface area contributed by atoms with Gasteiger partial charge >= 0.3 is 0 Å². The molecule has 0 radical (unpaired) electrons. The monoisotopic (exact) mass is 406 g/mol. The lowest BCUT2D eigenvalue weighted by atomic mass is 10.0. The second kappa shape index (κ2) is 9.21. The first-order valence-electron chi connectivity index (χ1n) is 9.76. The van der Waals surface area contributed by atoms with Crippen molar-refractivity contribution >= 4 is 35.1 Å². The van der Waals surface area contributed by atoms with Gasteiger partial charge < -0.3 is 16.4 Å². The lowest BCUT2D eigenvalue weighted by Gasteiger charge is -2.09. The van der Waals surface area contributed by atoms with Gasteiger partial charge in [-0.2, -0.15) is 4.99 Å². The number of aliphatic imine (C=N–C) groups is 2. The summed E-state index contributed by atoms with van der Waals surface area (Å²) in [6.07, 6.45) is -0.0813. The Morgan fingerprint density at radius 1 is 1.10 bits per heavy atom. The predicted molar refractivity (Wildman–Crippen MR) is 120 cm³/mol. The van der Waals surface area contributed by atoms with E-state index in [-0.39, 0.29) is 30.2 Å². The lowest BCUT2D eigenvalue weighted by Crippen LogP contribution is -2.32. The van der Waals surface area contributed by atoms with Crippen molar-refractivity contribution in [2.75, 3.05) is 10.6 Å². The number of carbonyl (C=O) groups excluding carboxylic acids is 2. The van der Waals surface area contributed by atoms with Gasteiger partial charge in [0.2, 0.25) is 17.8 Å². The van der Waals surface area contributed by atoms with Crippen molar-refractivity contribution in [2.45, 2.75) is 39.2 Å². The summed E-state index contributed by atoms with van der Waals surface area (Å²) >= 11 is 0. The number of nitrogens with zero attached hydrogens (tertiary/aromatic N) is 2. The molecule has 8 nitrogen and oxygen atoms in total. The quantitative estimate of drug-likeness (QED) is 0.451. The van der Waals surface area contributed by atoms with Crippen LogP contribution in [0, 0.1) is 6.92 Å². The highest BCUT2D eigenvalue weighted by molar-refractivity contribution is 6.11. The summed E-state index contributed by atoms with van der Waals surface area (Å²) in [4.78, 5) is 32.7. The summed E-state index contributed by atoms with van der Waals surface area (Å²) in [5.41, 5.74) is 9.64. The first-order chi connectivity index (χ1) is 14.3. The maximum atomic E-state index is 12.3. The van der Waals surface area contributed by atoms with Gasteiger partial charge in [-0.15, -0.1) is 0 Å². The molecule has 156 valence electrons. The smallest absolute Gasteiger partial charge is 0.252 e. The number of hydrogen-bond acceptors (Lipinski definition) is 4. The summed E-state index contributed by atoms with van der Waals surface area (Å²) in [5.74, 6) is -0.100. The van der Waals surface area contributed by atoms with Crippen LogP contribution in [0.5, 0.6) is 0 Å². The molecule has 0 saturated carbocycles. The minimum Gasteiger partial charge on any atom is -0.369 e. The minimum absolute atomic E-state index is 0.0798. The Morgan fingerprint density at radius 2 is 1.70 bits per heavy atom. The number of benzene rings is 2.